The van der Waals surface area contributed by atoms with Crippen molar-refractivity contribution >= 4 is 11.6 Å². The average molecular weight is 266 g/mol. The van der Waals surface area contributed by atoms with Gasteiger partial charge in [-0.15, -0.1) is 0 Å². The Morgan fingerprint density at radius 2 is 2.16 bits per heavy atom. The lowest BCUT2D eigenvalue weighted by Gasteiger charge is -2.09. The van der Waals surface area contributed by atoms with Gasteiger partial charge >= 0.3 is 0 Å². The molecule has 0 aromatic heterocycles. The average Bonchev–Trinajstić information content (AvgIpc) is 2.44. The summed E-state index contributed by atoms with van der Waals surface area (Å²) in [4.78, 5) is 11.4. The Hall–Kier alpha value is -1.75. The molecule has 0 unspecified atom stereocenters. The van der Waals surface area contributed by atoms with E-state index in [1.54, 1.807) is 7.11 Å². The lowest BCUT2D eigenvalue weighted by atomic mass is 10.3. The number of amides is 1. The predicted octanol–water partition coefficient (Wildman–Crippen LogP) is 1.65. The Balaban J connectivity index is 2.37. The molecule has 0 saturated heterocycles. The van der Waals surface area contributed by atoms with E-state index < -0.39 is 0 Å². The van der Waals surface area contributed by atoms with Crippen LogP contribution in [0.1, 0.15) is 13.3 Å². The molecule has 0 spiro atoms. The lowest BCUT2D eigenvalue weighted by Crippen LogP contribution is -2.30. The highest BCUT2D eigenvalue weighted by Gasteiger charge is 2.01. The Morgan fingerprint density at radius 1 is 1.32 bits per heavy atom. The Bertz CT molecular complexity index is 383. The number of anilines is 1. The quantitative estimate of drug-likeness (QED) is 0.667. The van der Waals surface area contributed by atoms with Gasteiger partial charge in [-0.2, -0.15) is 0 Å². The first kappa shape index (κ1) is 15.3. The van der Waals surface area contributed by atoms with Gasteiger partial charge in [0.25, 0.3) is 0 Å². The van der Waals surface area contributed by atoms with Crippen molar-refractivity contribution in [2.24, 2.45) is 0 Å². The molecule has 0 aliphatic heterocycles. The fraction of sp³-hybridized carbons (Fsp3) is 0.500. The topological polar surface area (TPSA) is 59.6 Å². The third-order valence-corrected chi connectivity index (χ3v) is 2.42. The van der Waals surface area contributed by atoms with Crippen LogP contribution in [0.25, 0.3) is 0 Å². The molecule has 0 heterocycles. The second-order valence-electron chi connectivity index (χ2n) is 4.07. The van der Waals surface area contributed by atoms with Gasteiger partial charge in [-0.05, 0) is 18.6 Å². The van der Waals surface area contributed by atoms with Crippen molar-refractivity contribution in [2.45, 2.75) is 13.3 Å². The fourth-order valence-electron chi connectivity index (χ4n) is 1.45. The van der Waals surface area contributed by atoms with E-state index in [2.05, 4.69) is 10.6 Å². The van der Waals surface area contributed by atoms with Crippen LogP contribution >= 0.6 is 0 Å². The highest BCUT2D eigenvalue weighted by atomic mass is 16.5. The third-order valence-electron chi connectivity index (χ3n) is 2.42. The number of hydrogen-bond acceptors (Lipinski definition) is 4. The molecule has 19 heavy (non-hydrogen) atoms. The molecule has 5 heteroatoms. The number of nitrogens with one attached hydrogen (secondary N) is 2. The summed E-state index contributed by atoms with van der Waals surface area (Å²) in [6.45, 7) is 4.06. The van der Waals surface area contributed by atoms with Crippen molar-refractivity contribution in [3.05, 3.63) is 24.3 Å². The third kappa shape index (κ3) is 6.67. The summed E-state index contributed by atoms with van der Waals surface area (Å²) in [5.41, 5.74) is 0.863. The highest BCUT2D eigenvalue weighted by molar-refractivity contribution is 5.80. The summed E-state index contributed by atoms with van der Waals surface area (Å²) in [5.74, 6) is 0.753. The van der Waals surface area contributed by atoms with Crippen molar-refractivity contribution in [1.82, 2.24) is 5.32 Å². The maximum atomic E-state index is 11.4. The van der Waals surface area contributed by atoms with Gasteiger partial charge in [0.05, 0.1) is 13.2 Å². The largest absolute Gasteiger partial charge is 0.491 e. The van der Waals surface area contributed by atoms with E-state index in [1.165, 1.54) is 0 Å². The van der Waals surface area contributed by atoms with Gasteiger partial charge in [0.2, 0.25) is 5.91 Å². The number of rotatable bonds is 9. The molecule has 0 atom stereocenters. The molecule has 1 aromatic rings. The van der Waals surface area contributed by atoms with Crippen LogP contribution in [0.4, 0.5) is 5.69 Å². The van der Waals surface area contributed by atoms with Gasteiger partial charge in [0.15, 0.2) is 0 Å². The number of hydrogen-bond donors (Lipinski definition) is 2. The molecule has 0 radical (unpaired) electrons. The van der Waals surface area contributed by atoms with E-state index in [0.717, 1.165) is 17.9 Å². The van der Waals surface area contributed by atoms with Crippen LogP contribution in [0.2, 0.25) is 0 Å². The number of benzene rings is 1. The first-order valence-corrected chi connectivity index (χ1v) is 6.48. The van der Waals surface area contributed by atoms with E-state index in [9.17, 15) is 4.79 Å². The minimum atomic E-state index is -0.00689. The maximum Gasteiger partial charge on any atom is 0.239 e. The fourth-order valence-corrected chi connectivity index (χ4v) is 1.45. The number of methoxy groups -OCH3 is 1. The van der Waals surface area contributed by atoms with Gasteiger partial charge in [-0.25, -0.2) is 0 Å². The molecule has 1 aromatic carbocycles. The summed E-state index contributed by atoms with van der Waals surface area (Å²) >= 11 is 0. The minimum Gasteiger partial charge on any atom is -0.491 e. The molecule has 106 valence electrons. The standard InChI is InChI=1S/C14H22N2O3/c1-3-7-15-14(17)11-16-12-5-4-6-13(10-12)19-9-8-18-2/h4-6,10,16H,3,7-9,11H2,1-2H3,(H,15,17). The molecular weight excluding hydrogens is 244 g/mol. The SMILES string of the molecule is CCCNC(=O)CNc1cccc(OCCOC)c1. The summed E-state index contributed by atoms with van der Waals surface area (Å²) in [7, 11) is 1.64. The van der Waals surface area contributed by atoms with Gasteiger partial charge < -0.3 is 20.1 Å². The first-order chi connectivity index (χ1) is 9.26. The smallest absolute Gasteiger partial charge is 0.239 e. The zero-order valence-corrected chi connectivity index (χ0v) is 11.6. The predicted molar refractivity (Wildman–Crippen MR) is 75.6 cm³/mol. The second kappa shape index (κ2) is 9.22. The molecule has 1 amide bonds. The zero-order valence-electron chi connectivity index (χ0n) is 11.6. The van der Waals surface area contributed by atoms with E-state index >= 15 is 0 Å². The van der Waals surface area contributed by atoms with Crippen LogP contribution in [-0.4, -0.2) is 39.3 Å². The van der Waals surface area contributed by atoms with Crippen LogP contribution in [0.3, 0.4) is 0 Å². The number of carbonyl (C=O) groups excluding carboxylic acids is 1. The van der Waals surface area contributed by atoms with Crippen molar-refractivity contribution in [3.63, 3.8) is 0 Å². The van der Waals surface area contributed by atoms with Crippen LogP contribution in [0, 0.1) is 0 Å². The van der Waals surface area contributed by atoms with Crippen LogP contribution in [0.5, 0.6) is 5.75 Å². The Labute approximate surface area is 114 Å². The van der Waals surface area contributed by atoms with Gasteiger partial charge in [0, 0.05) is 25.4 Å². The number of carbonyl (C=O) groups is 1. The van der Waals surface area contributed by atoms with Crippen molar-refractivity contribution in [1.29, 1.82) is 0 Å². The van der Waals surface area contributed by atoms with E-state index in [4.69, 9.17) is 9.47 Å². The monoisotopic (exact) mass is 266 g/mol. The molecule has 0 bridgehead atoms. The lowest BCUT2D eigenvalue weighted by molar-refractivity contribution is -0.119. The first-order valence-electron chi connectivity index (χ1n) is 6.48. The molecule has 0 fully saturated rings. The van der Waals surface area contributed by atoms with Crippen molar-refractivity contribution < 1.29 is 14.3 Å². The summed E-state index contributed by atoms with van der Waals surface area (Å²) in [6, 6.07) is 7.52. The summed E-state index contributed by atoms with van der Waals surface area (Å²) < 4.78 is 10.4. The molecule has 1 rings (SSSR count). The van der Waals surface area contributed by atoms with Crippen molar-refractivity contribution in [3.8, 4) is 5.75 Å². The molecular formula is C14H22N2O3. The minimum absolute atomic E-state index is 0.00689. The van der Waals surface area contributed by atoms with Gasteiger partial charge in [-0.1, -0.05) is 13.0 Å². The van der Waals surface area contributed by atoms with Crippen molar-refractivity contribution in [2.75, 3.05) is 38.7 Å². The number of ether oxygens (including phenoxy) is 2. The molecule has 0 aliphatic rings. The Kier molecular flexibility index (Phi) is 7.43. The van der Waals surface area contributed by atoms with Crippen LogP contribution in [-0.2, 0) is 9.53 Å². The molecule has 0 aliphatic carbocycles. The van der Waals surface area contributed by atoms with Crippen LogP contribution in [0.15, 0.2) is 24.3 Å². The molecule has 0 saturated carbocycles. The normalized spacial score (nSPS) is 10.0. The van der Waals surface area contributed by atoms with Gasteiger partial charge in [0.1, 0.15) is 12.4 Å². The van der Waals surface area contributed by atoms with Crippen LogP contribution < -0.4 is 15.4 Å². The Morgan fingerprint density at radius 3 is 2.89 bits per heavy atom. The van der Waals surface area contributed by atoms with E-state index in [0.29, 0.717) is 19.8 Å². The second-order valence-corrected chi connectivity index (χ2v) is 4.07. The molecule has 5 nitrogen and oxygen atoms in total. The zero-order chi connectivity index (χ0) is 13.9. The molecule has 2 N–H and O–H groups in total. The van der Waals surface area contributed by atoms with E-state index in [-0.39, 0.29) is 12.5 Å². The van der Waals surface area contributed by atoms with E-state index in [1.807, 2.05) is 31.2 Å². The van der Waals surface area contributed by atoms with Gasteiger partial charge in [-0.3, -0.25) is 4.79 Å². The summed E-state index contributed by atoms with van der Waals surface area (Å²) in [6.07, 6.45) is 0.939. The highest BCUT2D eigenvalue weighted by Crippen LogP contribution is 2.16. The summed E-state index contributed by atoms with van der Waals surface area (Å²) in [5, 5.41) is 5.87. The maximum absolute atomic E-state index is 11.4.